The molecule has 1 aromatic carbocycles. The Morgan fingerprint density at radius 2 is 2.20 bits per heavy atom. The van der Waals surface area contributed by atoms with Gasteiger partial charge in [-0.25, -0.2) is 4.79 Å². The third-order valence-electron chi connectivity index (χ3n) is 3.23. The Morgan fingerprint density at radius 1 is 1.50 bits per heavy atom. The number of rotatable bonds is 3. The standard InChI is InChI=1S/C13H16ClN3O3/c1-7(18)16-9-2-3-17(6-9)12-10(13(19)20)4-8(15)5-11(12)14/h4-5,9H,2-3,6,15H2,1H3,(H,16,18)(H,19,20). The quantitative estimate of drug-likeness (QED) is 0.732. The van der Waals surface area contributed by atoms with Crippen LogP contribution in [0.15, 0.2) is 12.1 Å². The maximum atomic E-state index is 11.3. The number of nitrogen functional groups attached to an aromatic ring is 1. The number of hydrogen-bond donors (Lipinski definition) is 3. The summed E-state index contributed by atoms with van der Waals surface area (Å²) in [5, 5.41) is 12.4. The van der Waals surface area contributed by atoms with E-state index in [0.717, 1.165) is 6.42 Å². The minimum Gasteiger partial charge on any atom is -0.478 e. The molecule has 1 aliphatic heterocycles. The molecule has 6 nitrogen and oxygen atoms in total. The van der Waals surface area contributed by atoms with Crippen molar-refractivity contribution in [1.29, 1.82) is 0 Å². The molecule has 7 heteroatoms. The van der Waals surface area contributed by atoms with Gasteiger partial charge in [0, 0.05) is 31.7 Å². The average molecular weight is 298 g/mol. The molecule has 0 saturated carbocycles. The van der Waals surface area contributed by atoms with Crippen LogP contribution in [0, 0.1) is 0 Å². The number of aromatic carboxylic acids is 1. The van der Waals surface area contributed by atoms with Crippen LogP contribution in [0.4, 0.5) is 11.4 Å². The Hall–Kier alpha value is -1.95. The van der Waals surface area contributed by atoms with E-state index >= 15 is 0 Å². The van der Waals surface area contributed by atoms with Crippen molar-refractivity contribution in [3.05, 3.63) is 22.7 Å². The Kier molecular flexibility index (Phi) is 4.04. The van der Waals surface area contributed by atoms with E-state index in [1.54, 1.807) is 0 Å². The van der Waals surface area contributed by atoms with Crippen molar-refractivity contribution in [3.8, 4) is 0 Å². The molecule has 1 atom stereocenters. The molecule has 1 saturated heterocycles. The van der Waals surface area contributed by atoms with Gasteiger partial charge in [-0.05, 0) is 18.6 Å². The number of benzene rings is 1. The highest BCUT2D eigenvalue weighted by Crippen LogP contribution is 2.34. The Labute approximate surface area is 121 Å². The molecule has 0 aromatic heterocycles. The van der Waals surface area contributed by atoms with Gasteiger partial charge in [0.2, 0.25) is 5.91 Å². The second kappa shape index (κ2) is 5.58. The Bertz CT molecular complexity index is 562. The van der Waals surface area contributed by atoms with Crippen molar-refractivity contribution in [2.75, 3.05) is 23.7 Å². The summed E-state index contributed by atoms with van der Waals surface area (Å²) in [5.41, 5.74) is 6.49. The van der Waals surface area contributed by atoms with Gasteiger partial charge in [0.25, 0.3) is 0 Å². The highest BCUT2D eigenvalue weighted by molar-refractivity contribution is 6.34. The maximum absolute atomic E-state index is 11.3. The van der Waals surface area contributed by atoms with Gasteiger partial charge in [0.05, 0.1) is 16.3 Å². The summed E-state index contributed by atoms with van der Waals surface area (Å²) < 4.78 is 0. The first-order valence-electron chi connectivity index (χ1n) is 6.23. The zero-order valence-electron chi connectivity index (χ0n) is 11.0. The van der Waals surface area contributed by atoms with Gasteiger partial charge >= 0.3 is 5.97 Å². The fourth-order valence-electron chi connectivity index (χ4n) is 2.47. The molecule has 0 aliphatic carbocycles. The molecule has 1 heterocycles. The average Bonchev–Trinajstić information content (AvgIpc) is 2.74. The number of carboxylic acids is 1. The van der Waals surface area contributed by atoms with Crippen LogP contribution in [-0.4, -0.2) is 36.1 Å². The second-order valence-corrected chi connectivity index (χ2v) is 5.24. The monoisotopic (exact) mass is 297 g/mol. The molecule has 108 valence electrons. The zero-order chi connectivity index (χ0) is 14.9. The van der Waals surface area contributed by atoms with Crippen LogP contribution >= 0.6 is 11.6 Å². The number of nitrogens with zero attached hydrogens (tertiary/aromatic N) is 1. The van der Waals surface area contributed by atoms with Crippen LogP contribution in [0.5, 0.6) is 0 Å². The minimum absolute atomic E-state index is 0.00256. The molecule has 1 aromatic rings. The summed E-state index contributed by atoms with van der Waals surface area (Å²) in [6.45, 7) is 2.62. The number of amides is 1. The number of carboxylic acid groups (broad SMARTS) is 1. The van der Waals surface area contributed by atoms with Crippen molar-refractivity contribution >= 4 is 34.9 Å². The van der Waals surface area contributed by atoms with Gasteiger partial charge in [-0.15, -0.1) is 0 Å². The summed E-state index contributed by atoms with van der Waals surface area (Å²) >= 11 is 6.14. The molecule has 0 radical (unpaired) electrons. The first kappa shape index (κ1) is 14.5. The predicted octanol–water partition coefficient (Wildman–Crippen LogP) is 1.34. The van der Waals surface area contributed by atoms with Crippen molar-refractivity contribution in [2.45, 2.75) is 19.4 Å². The smallest absolute Gasteiger partial charge is 0.337 e. The summed E-state index contributed by atoms with van der Waals surface area (Å²) in [6, 6.07) is 2.94. The highest BCUT2D eigenvalue weighted by Gasteiger charge is 2.28. The van der Waals surface area contributed by atoms with Crippen molar-refractivity contribution in [2.24, 2.45) is 0 Å². The summed E-state index contributed by atoms with van der Waals surface area (Å²) in [7, 11) is 0. The van der Waals surface area contributed by atoms with Gasteiger partial charge in [-0.1, -0.05) is 11.6 Å². The van der Waals surface area contributed by atoms with Crippen LogP contribution in [0.2, 0.25) is 5.02 Å². The molecule has 0 spiro atoms. The fourth-order valence-corrected chi connectivity index (χ4v) is 2.82. The van der Waals surface area contributed by atoms with Crippen LogP contribution < -0.4 is 16.0 Å². The molecule has 1 unspecified atom stereocenters. The van der Waals surface area contributed by atoms with Crippen molar-refractivity contribution in [1.82, 2.24) is 5.32 Å². The molecular weight excluding hydrogens is 282 g/mol. The maximum Gasteiger partial charge on any atom is 0.337 e. The first-order chi connectivity index (χ1) is 9.38. The van der Waals surface area contributed by atoms with Gasteiger partial charge in [-0.2, -0.15) is 0 Å². The Morgan fingerprint density at radius 3 is 2.80 bits per heavy atom. The lowest BCUT2D eigenvalue weighted by Gasteiger charge is -2.22. The number of anilines is 2. The van der Waals surface area contributed by atoms with E-state index in [2.05, 4.69) is 5.32 Å². The van der Waals surface area contributed by atoms with E-state index in [1.165, 1.54) is 19.1 Å². The number of carbonyl (C=O) groups excluding carboxylic acids is 1. The number of nitrogens with one attached hydrogen (secondary N) is 1. The topological polar surface area (TPSA) is 95.7 Å². The molecule has 1 aliphatic rings. The fraction of sp³-hybridized carbons (Fsp3) is 0.385. The second-order valence-electron chi connectivity index (χ2n) is 4.84. The van der Waals surface area contributed by atoms with Gasteiger partial charge in [-0.3, -0.25) is 4.79 Å². The molecule has 1 fully saturated rings. The van der Waals surface area contributed by atoms with Crippen LogP contribution in [0.25, 0.3) is 0 Å². The van der Waals surface area contributed by atoms with E-state index in [9.17, 15) is 14.7 Å². The number of nitrogens with two attached hydrogens (primary N) is 1. The molecule has 0 bridgehead atoms. The normalized spacial score (nSPS) is 18.1. The van der Waals surface area contributed by atoms with Crippen LogP contribution in [0.3, 0.4) is 0 Å². The largest absolute Gasteiger partial charge is 0.478 e. The Balaban J connectivity index is 2.29. The zero-order valence-corrected chi connectivity index (χ0v) is 11.8. The third kappa shape index (κ3) is 2.96. The molecule has 20 heavy (non-hydrogen) atoms. The summed E-state index contributed by atoms with van der Waals surface area (Å²) in [4.78, 5) is 24.3. The van der Waals surface area contributed by atoms with E-state index in [-0.39, 0.29) is 17.5 Å². The van der Waals surface area contributed by atoms with Crippen molar-refractivity contribution < 1.29 is 14.7 Å². The van der Waals surface area contributed by atoms with E-state index in [1.807, 2.05) is 4.90 Å². The SMILES string of the molecule is CC(=O)NC1CCN(c2c(Cl)cc(N)cc2C(=O)O)C1. The van der Waals surface area contributed by atoms with Crippen LogP contribution in [-0.2, 0) is 4.79 Å². The number of carbonyl (C=O) groups is 2. The minimum atomic E-state index is -1.07. The highest BCUT2D eigenvalue weighted by atomic mass is 35.5. The molecule has 2 rings (SSSR count). The molecular formula is C13H16ClN3O3. The summed E-state index contributed by atoms with van der Waals surface area (Å²) in [6.07, 6.45) is 0.749. The van der Waals surface area contributed by atoms with E-state index in [4.69, 9.17) is 17.3 Å². The third-order valence-corrected chi connectivity index (χ3v) is 3.52. The number of halogens is 1. The van der Waals surface area contributed by atoms with Crippen LogP contribution in [0.1, 0.15) is 23.7 Å². The summed E-state index contributed by atoms with van der Waals surface area (Å²) in [5.74, 6) is -1.17. The van der Waals surface area contributed by atoms with Gasteiger partial charge < -0.3 is 21.1 Å². The van der Waals surface area contributed by atoms with Crippen molar-refractivity contribution in [3.63, 3.8) is 0 Å². The van der Waals surface area contributed by atoms with E-state index in [0.29, 0.717) is 29.5 Å². The lowest BCUT2D eigenvalue weighted by atomic mass is 10.1. The van der Waals surface area contributed by atoms with Gasteiger partial charge in [0.1, 0.15) is 0 Å². The van der Waals surface area contributed by atoms with Gasteiger partial charge in [0.15, 0.2) is 0 Å². The lowest BCUT2D eigenvalue weighted by Crippen LogP contribution is -2.35. The number of hydrogen-bond acceptors (Lipinski definition) is 4. The van der Waals surface area contributed by atoms with E-state index < -0.39 is 5.97 Å². The lowest BCUT2D eigenvalue weighted by molar-refractivity contribution is -0.119. The predicted molar refractivity (Wildman–Crippen MR) is 77.3 cm³/mol. The first-order valence-corrected chi connectivity index (χ1v) is 6.60. The molecule has 1 amide bonds. The molecule has 4 N–H and O–H groups in total.